The predicted molar refractivity (Wildman–Crippen MR) is 89.8 cm³/mol. The minimum atomic E-state index is -0.0158. The number of para-hydroxylation sites is 1. The first-order valence-electron chi connectivity index (χ1n) is 7.16. The van der Waals surface area contributed by atoms with Crippen LogP contribution in [0.2, 0.25) is 0 Å². The van der Waals surface area contributed by atoms with Gasteiger partial charge in [-0.3, -0.25) is 9.69 Å². The summed E-state index contributed by atoms with van der Waals surface area (Å²) in [4.78, 5) is 19.5. The van der Waals surface area contributed by atoms with E-state index in [-0.39, 0.29) is 5.91 Å². The van der Waals surface area contributed by atoms with E-state index in [2.05, 4.69) is 4.99 Å². The second-order valence-corrected chi connectivity index (χ2v) is 5.82. The molecule has 1 saturated heterocycles. The van der Waals surface area contributed by atoms with Gasteiger partial charge >= 0.3 is 0 Å². The summed E-state index contributed by atoms with van der Waals surface area (Å²) in [7, 11) is 0. The smallest absolute Gasteiger partial charge is 0.266 e. The number of aliphatic imine (C=N–C) groups is 1. The first kappa shape index (κ1) is 14.7. The van der Waals surface area contributed by atoms with E-state index in [1.165, 1.54) is 11.8 Å². The molecule has 3 rings (SSSR count). The van der Waals surface area contributed by atoms with Crippen LogP contribution in [-0.2, 0) is 4.79 Å². The van der Waals surface area contributed by atoms with Crippen molar-refractivity contribution in [1.82, 2.24) is 4.90 Å². The summed E-state index contributed by atoms with van der Waals surface area (Å²) in [6, 6.07) is 13.3. The first-order chi connectivity index (χ1) is 10.8. The van der Waals surface area contributed by atoms with Crippen LogP contribution >= 0.6 is 11.8 Å². The van der Waals surface area contributed by atoms with E-state index in [0.29, 0.717) is 17.2 Å². The molecule has 1 aliphatic heterocycles. The lowest BCUT2D eigenvalue weighted by molar-refractivity contribution is -0.122. The highest BCUT2D eigenvalue weighted by atomic mass is 32.2. The molecule has 22 heavy (non-hydrogen) atoms. The lowest BCUT2D eigenvalue weighted by atomic mass is 10.3. The van der Waals surface area contributed by atoms with Gasteiger partial charge in [-0.15, -0.1) is 0 Å². The lowest BCUT2D eigenvalue weighted by Crippen LogP contribution is -2.29. The summed E-state index contributed by atoms with van der Waals surface area (Å²) in [6.07, 6.45) is 4.25. The van der Waals surface area contributed by atoms with Gasteiger partial charge in [0.1, 0.15) is 5.76 Å². The van der Waals surface area contributed by atoms with Crippen LogP contribution in [0.25, 0.3) is 6.08 Å². The zero-order valence-electron chi connectivity index (χ0n) is 12.2. The van der Waals surface area contributed by atoms with Crippen LogP contribution in [0.4, 0.5) is 5.69 Å². The zero-order valence-corrected chi connectivity index (χ0v) is 13.0. The Balaban J connectivity index is 1.92. The van der Waals surface area contributed by atoms with Crippen molar-refractivity contribution in [1.29, 1.82) is 0 Å². The molecule has 2 aromatic rings. The van der Waals surface area contributed by atoms with Crippen LogP contribution in [-0.4, -0.2) is 22.5 Å². The Labute approximate surface area is 133 Å². The maximum Gasteiger partial charge on any atom is 0.266 e. The fourth-order valence-electron chi connectivity index (χ4n) is 2.13. The molecule has 4 nitrogen and oxygen atoms in total. The number of hydrogen-bond donors (Lipinski definition) is 0. The van der Waals surface area contributed by atoms with Crippen molar-refractivity contribution in [3.8, 4) is 0 Å². The minimum absolute atomic E-state index is 0.0158. The molecule has 0 atom stereocenters. The monoisotopic (exact) mass is 312 g/mol. The second kappa shape index (κ2) is 6.66. The Morgan fingerprint density at radius 3 is 2.73 bits per heavy atom. The summed E-state index contributed by atoms with van der Waals surface area (Å²) in [5.74, 6) is 0.659. The van der Waals surface area contributed by atoms with Crippen molar-refractivity contribution in [3.05, 3.63) is 59.4 Å². The molecule has 0 saturated carbocycles. The number of benzene rings is 1. The summed E-state index contributed by atoms with van der Waals surface area (Å²) in [6.45, 7) is 2.71. The average Bonchev–Trinajstić information content (AvgIpc) is 3.13. The number of furan rings is 1. The zero-order chi connectivity index (χ0) is 15.4. The molecule has 0 N–H and O–H groups in total. The number of nitrogens with zero attached hydrogens (tertiary/aromatic N) is 2. The number of amides is 1. The van der Waals surface area contributed by atoms with Crippen molar-refractivity contribution < 1.29 is 9.21 Å². The molecule has 0 aliphatic carbocycles. The van der Waals surface area contributed by atoms with Gasteiger partial charge in [-0.1, -0.05) is 25.1 Å². The number of thioether (sulfide) groups is 1. The molecule has 0 bridgehead atoms. The number of amidine groups is 1. The van der Waals surface area contributed by atoms with Gasteiger partial charge in [0.05, 0.1) is 16.9 Å². The molecule has 1 fully saturated rings. The highest BCUT2D eigenvalue weighted by Crippen LogP contribution is 2.34. The van der Waals surface area contributed by atoms with Crippen LogP contribution in [0.3, 0.4) is 0 Å². The van der Waals surface area contributed by atoms with Crippen LogP contribution in [0.1, 0.15) is 19.1 Å². The van der Waals surface area contributed by atoms with E-state index in [0.717, 1.165) is 17.3 Å². The van der Waals surface area contributed by atoms with Gasteiger partial charge in [0, 0.05) is 12.6 Å². The lowest BCUT2D eigenvalue weighted by Gasteiger charge is -2.13. The highest BCUT2D eigenvalue weighted by molar-refractivity contribution is 8.18. The highest BCUT2D eigenvalue weighted by Gasteiger charge is 2.32. The molecule has 1 aromatic heterocycles. The molecule has 0 unspecified atom stereocenters. The summed E-state index contributed by atoms with van der Waals surface area (Å²) >= 11 is 1.39. The van der Waals surface area contributed by atoms with E-state index < -0.39 is 0 Å². The standard InChI is InChI=1S/C17H16N2O2S/c1-2-10-19-16(20)15(12-14-9-6-11-21-14)22-17(19)18-13-7-4-3-5-8-13/h3-9,11-12H,2,10H2,1H3/b15-12+,18-17?. The molecular weight excluding hydrogens is 296 g/mol. The van der Waals surface area contributed by atoms with E-state index in [1.54, 1.807) is 23.3 Å². The molecule has 2 heterocycles. The van der Waals surface area contributed by atoms with Crippen molar-refractivity contribution >= 4 is 34.6 Å². The van der Waals surface area contributed by atoms with Crippen LogP contribution in [0.15, 0.2) is 63.0 Å². The van der Waals surface area contributed by atoms with Gasteiger partial charge in [0.15, 0.2) is 5.17 Å². The van der Waals surface area contributed by atoms with E-state index >= 15 is 0 Å². The van der Waals surface area contributed by atoms with Crippen molar-refractivity contribution in [2.75, 3.05) is 6.54 Å². The van der Waals surface area contributed by atoms with Gasteiger partial charge in [-0.2, -0.15) is 0 Å². The van der Waals surface area contributed by atoms with E-state index in [1.807, 2.05) is 43.3 Å². The molecule has 1 aliphatic rings. The normalized spacial score (nSPS) is 18.6. The molecule has 1 amide bonds. The van der Waals surface area contributed by atoms with Crippen molar-refractivity contribution in [2.45, 2.75) is 13.3 Å². The third-order valence-corrected chi connectivity index (χ3v) is 4.14. The maximum atomic E-state index is 12.5. The predicted octanol–water partition coefficient (Wildman–Crippen LogP) is 4.29. The van der Waals surface area contributed by atoms with Gasteiger partial charge in [-0.05, 0) is 42.4 Å². The maximum absolute atomic E-state index is 12.5. The molecule has 5 heteroatoms. The number of rotatable bonds is 4. The van der Waals surface area contributed by atoms with E-state index in [4.69, 9.17) is 4.42 Å². The van der Waals surface area contributed by atoms with Crippen molar-refractivity contribution in [2.24, 2.45) is 4.99 Å². The third-order valence-electron chi connectivity index (χ3n) is 3.13. The first-order valence-corrected chi connectivity index (χ1v) is 7.98. The third kappa shape index (κ3) is 3.14. The van der Waals surface area contributed by atoms with Gasteiger partial charge in [-0.25, -0.2) is 4.99 Å². The molecular formula is C17H16N2O2S. The Kier molecular flexibility index (Phi) is 4.44. The Morgan fingerprint density at radius 2 is 2.05 bits per heavy atom. The quantitative estimate of drug-likeness (QED) is 0.791. The topological polar surface area (TPSA) is 45.8 Å². The SMILES string of the molecule is CCCN1C(=O)/C(=C\c2ccco2)SC1=Nc1ccccc1. The van der Waals surface area contributed by atoms with Gasteiger partial charge < -0.3 is 4.42 Å². The Morgan fingerprint density at radius 1 is 1.23 bits per heavy atom. The number of hydrogen-bond acceptors (Lipinski definition) is 4. The van der Waals surface area contributed by atoms with E-state index in [9.17, 15) is 4.79 Å². The molecule has 0 spiro atoms. The van der Waals surface area contributed by atoms with Crippen molar-refractivity contribution in [3.63, 3.8) is 0 Å². The average molecular weight is 312 g/mol. The minimum Gasteiger partial charge on any atom is -0.465 e. The fraction of sp³-hybridized carbons (Fsp3) is 0.176. The summed E-state index contributed by atoms with van der Waals surface area (Å²) < 4.78 is 5.29. The fourth-order valence-corrected chi connectivity index (χ4v) is 3.13. The van der Waals surface area contributed by atoms with Crippen LogP contribution < -0.4 is 0 Å². The van der Waals surface area contributed by atoms with Gasteiger partial charge in [0.25, 0.3) is 5.91 Å². The second-order valence-electron chi connectivity index (χ2n) is 4.81. The molecule has 1 aromatic carbocycles. The number of carbonyl (C=O) groups excluding carboxylic acids is 1. The summed E-state index contributed by atoms with van der Waals surface area (Å²) in [5, 5.41) is 0.718. The number of carbonyl (C=O) groups is 1. The molecule has 0 radical (unpaired) electrons. The largest absolute Gasteiger partial charge is 0.465 e. The summed E-state index contributed by atoms with van der Waals surface area (Å²) in [5.41, 5.74) is 0.846. The Bertz CT molecular complexity index is 706. The van der Waals surface area contributed by atoms with Gasteiger partial charge in [0.2, 0.25) is 0 Å². The Hall–Kier alpha value is -2.27. The van der Waals surface area contributed by atoms with Crippen LogP contribution in [0.5, 0.6) is 0 Å². The molecule has 112 valence electrons. The van der Waals surface area contributed by atoms with Crippen LogP contribution in [0, 0.1) is 0 Å².